The number of halogens is 4. The summed E-state index contributed by atoms with van der Waals surface area (Å²) in [5.74, 6) is -0.678. The first-order valence-electron chi connectivity index (χ1n) is 9.62. The summed E-state index contributed by atoms with van der Waals surface area (Å²) < 4.78 is 43.6. The Morgan fingerprint density at radius 3 is 2.31 bits per heavy atom. The lowest BCUT2D eigenvalue weighted by Gasteiger charge is -2.16. The number of hydrogen-bond donors (Lipinski definition) is 1. The molecule has 0 aliphatic carbocycles. The Morgan fingerprint density at radius 2 is 1.69 bits per heavy atom. The van der Waals surface area contributed by atoms with Crippen molar-refractivity contribution < 1.29 is 22.7 Å². The summed E-state index contributed by atoms with van der Waals surface area (Å²) in [4.78, 5) is 12.8. The third-order valence-electron chi connectivity index (χ3n) is 4.89. The van der Waals surface area contributed by atoms with Gasteiger partial charge >= 0.3 is 12.6 Å². The molecule has 0 spiro atoms. The first kappa shape index (κ1) is 21.9. The minimum Gasteiger partial charge on any atom is -0.435 e. The summed E-state index contributed by atoms with van der Waals surface area (Å²) in [5.41, 5.74) is 2.58. The van der Waals surface area contributed by atoms with E-state index in [2.05, 4.69) is 31.1 Å². The Labute approximate surface area is 190 Å². The average Bonchev–Trinajstić information content (AvgIpc) is 3.22. The SMILES string of the molecule is O=C(Nc1ccc(Br)cc1)N1CC(c2ccc(F)cc2)C(c2ccc(OC(F)F)cc2)=N1. The van der Waals surface area contributed by atoms with Gasteiger partial charge in [0.05, 0.1) is 12.3 Å². The highest BCUT2D eigenvalue weighted by Crippen LogP contribution is 2.30. The number of hydrogen-bond acceptors (Lipinski definition) is 3. The van der Waals surface area contributed by atoms with E-state index >= 15 is 0 Å². The van der Waals surface area contributed by atoms with E-state index in [4.69, 9.17) is 0 Å². The number of urea groups is 1. The van der Waals surface area contributed by atoms with Gasteiger partial charge in [-0.2, -0.15) is 13.9 Å². The molecule has 1 unspecified atom stereocenters. The summed E-state index contributed by atoms with van der Waals surface area (Å²) >= 11 is 3.35. The van der Waals surface area contributed by atoms with Crippen LogP contribution in [0.25, 0.3) is 0 Å². The van der Waals surface area contributed by atoms with Crippen molar-refractivity contribution in [3.8, 4) is 5.75 Å². The maximum atomic E-state index is 13.4. The van der Waals surface area contributed by atoms with E-state index in [0.29, 0.717) is 17.0 Å². The van der Waals surface area contributed by atoms with E-state index in [1.165, 1.54) is 29.3 Å². The maximum absolute atomic E-state index is 13.4. The van der Waals surface area contributed by atoms with Crippen molar-refractivity contribution in [1.82, 2.24) is 5.01 Å². The van der Waals surface area contributed by atoms with Crippen LogP contribution >= 0.6 is 15.9 Å². The van der Waals surface area contributed by atoms with Crippen LogP contribution in [0, 0.1) is 5.82 Å². The maximum Gasteiger partial charge on any atom is 0.387 e. The molecule has 0 radical (unpaired) electrons. The van der Waals surface area contributed by atoms with Gasteiger partial charge in [0.1, 0.15) is 11.6 Å². The van der Waals surface area contributed by atoms with Crippen molar-refractivity contribution in [2.75, 3.05) is 11.9 Å². The van der Waals surface area contributed by atoms with Crippen LogP contribution in [0.2, 0.25) is 0 Å². The van der Waals surface area contributed by atoms with Crippen molar-refractivity contribution in [1.29, 1.82) is 0 Å². The number of nitrogens with one attached hydrogen (secondary N) is 1. The molecular formula is C23H17BrF3N3O2. The summed E-state index contributed by atoms with van der Waals surface area (Å²) in [6.07, 6.45) is 0. The largest absolute Gasteiger partial charge is 0.435 e. The predicted octanol–water partition coefficient (Wildman–Crippen LogP) is 6.23. The van der Waals surface area contributed by atoms with Crippen LogP contribution in [0.4, 0.5) is 23.7 Å². The lowest BCUT2D eigenvalue weighted by molar-refractivity contribution is -0.0498. The molecule has 1 aliphatic heterocycles. The molecule has 0 fully saturated rings. The molecule has 1 atom stereocenters. The van der Waals surface area contributed by atoms with Crippen molar-refractivity contribution in [2.24, 2.45) is 5.10 Å². The zero-order valence-corrected chi connectivity index (χ0v) is 18.1. The summed E-state index contributed by atoms with van der Waals surface area (Å²) in [7, 11) is 0. The molecule has 1 N–H and O–H groups in total. The van der Waals surface area contributed by atoms with Gasteiger partial charge in [0.25, 0.3) is 0 Å². The number of carbonyl (C=O) groups is 1. The van der Waals surface area contributed by atoms with Gasteiger partial charge in [0.15, 0.2) is 0 Å². The van der Waals surface area contributed by atoms with Crippen LogP contribution in [-0.2, 0) is 0 Å². The van der Waals surface area contributed by atoms with E-state index in [9.17, 15) is 18.0 Å². The molecule has 3 aromatic carbocycles. The molecule has 0 saturated carbocycles. The summed E-state index contributed by atoms with van der Waals surface area (Å²) in [5, 5.41) is 8.58. The predicted molar refractivity (Wildman–Crippen MR) is 119 cm³/mol. The molecule has 0 bridgehead atoms. The molecule has 32 heavy (non-hydrogen) atoms. The molecule has 1 heterocycles. The van der Waals surface area contributed by atoms with Gasteiger partial charge in [-0.1, -0.05) is 28.1 Å². The summed E-state index contributed by atoms with van der Waals surface area (Å²) in [6, 6.07) is 18.7. The van der Waals surface area contributed by atoms with Gasteiger partial charge < -0.3 is 10.1 Å². The number of ether oxygens (including phenoxy) is 1. The van der Waals surface area contributed by atoms with Crippen molar-refractivity contribution in [2.45, 2.75) is 12.5 Å². The fraction of sp³-hybridized carbons (Fsp3) is 0.130. The van der Waals surface area contributed by atoms with Gasteiger partial charge in [0.2, 0.25) is 0 Å². The molecule has 2 amide bonds. The first-order valence-corrected chi connectivity index (χ1v) is 10.4. The van der Waals surface area contributed by atoms with Gasteiger partial charge in [-0.3, -0.25) is 0 Å². The number of alkyl halides is 2. The van der Waals surface area contributed by atoms with Gasteiger partial charge in [0, 0.05) is 16.1 Å². The lowest BCUT2D eigenvalue weighted by atomic mass is 9.90. The number of anilines is 1. The van der Waals surface area contributed by atoms with E-state index in [0.717, 1.165) is 10.0 Å². The second-order valence-corrected chi connectivity index (χ2v) is 7.93. The first-order chi connectivity index (χ1) is 15.4. The Kier molecular flexibility index (Phi) is 6.45. The fourth-order valence-corrected chi connectivity index (χ4v) is 3.64. The van der Waals surface area contributed by atoms with Crippen LogP contribution in [0.15, 0.2) is 82.4 Å². The Bertz CT molecular complexity index is 1120. The lowest BCUT2D eigenvalue weighted by Crippen LogP contribution is -2.30. The summed E-state index contributed by atoms with van der Waals surface area (Å²) in [6.45, 7) is -2.69. The number of rotatable bonds is 5. The molecule has 5 nitrogen and oxygen atoms in total. The third-order valence-corrected chi connectivity index (χ3v) is 5.42. The van der Waals surface area contributed by atoms with Crippen LogP contribution in [-0.4, -0.2) is 29.9 Å². The zero-order chi connectivity index (χ0) is 22.7. The molecule has 3 aromatic rings. The van der Waals surface area contributed by atoms with E-state index in [1.807, 2.05) is 0 Å². The van der Waals surface area contributed by atoms with Gasteiger partial charge in [-0.15, -0.1) is 0 Å². The molecule has 4 rings (SSSR count). The number of amides is 2. The number of carbonyl (C=O) groups excluding carboxylic acids is 1. The topological polar surface area (TPSA) is 53.9 Å². The quantitative estimate of drug-likeness (QED) is 0.448. The highest BCUT2D eigenvalue weighted by atomic mass is 79.9. The molecule has 1 aliphatic rings. The van der Waals surface area contributed by atoms with E-state index in [-0.39, 0.29) is 24.0 Å². The molecule has 9 heteroatoms. The molecule has 0 saturated heterocycles. The third kappa shape index (κ3) is 5.11. The van der Waals surface area contributed by atoms with Crippen LogP contribution in [0.5, 0.6) is 5.75 Å². The molecule has 164 valence electrons. The number of hydrazone groups is 1. The van der Waals surface area contributed by atoms with Gasteiger partial charge in [-0.05, 0) is 71.8 Å². The van der Waals surface area contributed by atoms with Gasteiger partial charge in [-0.25, -0.2) is 14.2 Å². The fourth-order valence-electron chi connectivity index (χ4n) is 3.37. The average molecular weight is 504 g/mol. The van der Waals surface area contributed by atoms with Crippen LogP contribution in [0.1, 0.15) is 17.0 Å². The smallest absolute Gasteiger partial charge is 0.387 e. The van der Waals surface area contributed by atoms with E-state index < -0.39 is 12.6 Å². The zero-order valence-electron chi connectivity index (χ0n) is 16.5. The van der Waals surface area contributed by atoms with Crippen LogP contribution in [0.3, 0.4) is 0 Å². The van der Waals surface area contributed by atoms with Crippen LogP contribution < -0.4 is 10.1 Å². The highest BCUT2D eigenvalue weighted by Gasteiger charge is 2.32. The highest BCUT2D eigenvalue weighted by molar-refractivity contribution is 9.10. The minimum atomic E-state index is -2.92. The van der Waals surface area contributed by atoms with Crippen molar-refractivity contribution >= 4 is 33.4 Å². The standard InChI is InChI=1S/C23H17BrF3N3O2/c24-16-5-9-18(10-6-16)28-23(31)30-13-20(14-1-7-17(25)8-2-14)21(29-30)15-3-11-19(12-4-15)32-22(26)27/h1-12,20,22H,13H2,(H,28,31). The van der Waals surface area contributed by atoms with Crippen molar-refractivity contribution in [3.05, 3.63) is 94.2 Å². The number of benzene rings is 3. The Hall–Kier alpha value is -3.33. The van der Waals surface area contributed by atoms with Crippen molar-refractivity contribution in [3.63, 3.8) is 0 Å². The Morgan fingerprint density at radius 1 is 1.03 bits per heavy atom. The Balaban J connectivity index is 1.61. The number of nitrogens with zero attached hydrogens (tertiary/aromatic N) is 2. The monoisotopic (exact) mass is 503 g/mol. The second kappa shape index (κ2) is 9.44. The second-order valence-electron chi connectivity index (χ2n) is 7.01. The normalized spacial score (nSPS) is 15.6. The molecule has 0 aromatic heterocycles. The molecular weight excluding hydrogens is 487 g/mol. The van der Waals surface area contributed by atoms with E-state index in [1.54, 1.807) is 48.5 Å². The minimum absolute atomic E-state index is 0.0190.